The summed E-state index contributed by atoms with van der Waals surface area (Å²) in [6.45, 7) is 4.22. The maximum Gasteiger partial charge on any atom is 0.157 e. The summed E-state index contributed by atoms with van der Waals surface area (Å²) in [5, 5.41) is 0. The molecular weight excluding hydrogens is 300 g/mol. The van der Waals surface area contributed by atoms with Crippen molar-refractivity contribution < 1.29 is 17.9 Å². The highest BCUT2D eigenvalue weighted by Gasteiger charge is 2.63. The second-order valence-corrected chi connectivity index (χ2v) is 9.17. The molecule has 1 aliphatic heterocycles. The molecule has 0 bridgehead atoms. The molecule has 3 rings (SSSR count). The lowest BCUT2D eigenvalue weighted by Gasteiger charge is -2.59. The zero-order valence-electron chi connectivity index (χ0n) is 13.3. The van der Waals surface area contributed by atoms with Gasteiger partial charge in [0, 0.05) is 11.7 Å². The average Bonchev–Trinajstić information content (AvgIpc) is 2.36. The third-order valence-electron chi connectivity index (χ3n) is 4.99. The second kappa shape index (κ2) is 5.53. The molecule has 122 valence electrons. The molecule has 0 unspecified atom stereocenters. The van der Waals surface area contributed by atoms with Gasteiger partial charge in [0.05, 0.1) is 24.6 Å². The number of benzene rings is 1. The molecule has 5 heteroatoms. The summed E-state index contributed by atoms with van der Waals surface area (Å²) >= 11 is 0. The molecule has 1 aromatic carbocycles. The summed E-state index contributed by atoms with van der Waals surface area (Å²) in [4.78, 5) is 0. The van der Waals surface area contributed by atoms with Crippen LogP contribution in [-0.2, 0) is 19.3 Å². The topological polar surface area (TPSA) is 52.6 Å². The monoisotopic (exact) mass is 324 g/mol. The number of unbranched alkanes of at least 4 members (excludes halogenated alkanes) is 1. The van der Waals surface area contributed by atoms with Crippen molar-refractivity contribution in [3.05, 3.63) is 29.8 Å². The van der Waals surface area contributed by atoms with Gasteiger partial charge >= 0.3 is 0 Å². The first kappa shape index (κ1) is 15.8. The smallest absolute Gasteiger partial charge is 0.157 e. The highest BCUT2D eigenvalue weighted by Crippen LogP contribution is 2.61. The minimum atomic E-state index is -3.16. The molecule has 1 saturated carbocycles. The molecule has 0 N–H and O–H groups in total. The Morgan fingerprint density at radius 1 is 1.18 bits per heavy atom. The lowest BCUT2D eigenvalue weighted by molar-refractivity contribution is -0.172. The van der Waals surface area contributed by atoms with Crippen molar-refractivity contribution in [1.29, 1.82) is 0 Å². The van der Waals surface area contributed by atoms with E-state index >= 15 is 0 Å². The first-order chi connectivity index (χ1) is 10.4. The van der Waals surface area contributed by atoms with E-state index in [0.29, 0.717) is 32.7 Å². The summed E-state index contributed by atoms with van der Waals surface area (Å²) in [5.41, 5.74) is 0.981. The van der Waals surface area contributed by atoms with E-state index in [1.807, 2.05) is 24.3 Å². The standard InChI is InChI=1S/C17H24O4S/c1-3-4-9-21-15-7-5-14(6-8-15)17(22(2,18)19)10-16(11-17)12-20-13-16/h5-8H,3-4,9-13H2,1-2H3. The maximum atomic E-state index is 12.4. The van der Waals surface area contributed by atoms with Crippen molar-refractivity contribution in [2.75, 3.05) is 26.1 Å². The Kier molecular flexibility index (Phi) is 3.98. The van der Waals surface area contributed by atoms with E-state index in [0.717, 1.165) is 24.2 Å². The molecule has 1 aromatic rings. The molecule has 2 aliphatic rings. The summed E-state index contributed by atoms with van der Waals surface area (Å²) < 4.78 is 35.0. The van der Waals surface area contributed by atoms with Crippen molar-refractivity contribution in [1.82, 2.24) is 0 Å². The Labute approximate surface area is 132 Å². The van der Waals surface area contributed by atoms with Gasteiger partial charge in [-0.2, -0.15) is 0 Å². The second-order valence-electron chi connectivity index (χ2n) is 6.84. The van der Waals surface area contributed by atoms with Crippen LogP contribution < -0.4 is 4.74 Å². The van der Waals surface area contributed by atoms with Crippen LogP contribution in [0.25, 0.3) is 0 Å². The van der Waals surface area contributed by atoms with Gasteiger partial charge in [0.1, 0.15) is 5.75 Å². The van der Waals surface area contributed by atoms with E-state index in [-0.39, 0.29) is 5.41 Å². The summed E-state index contributed by atoms with van der Waals surface area (Å²) in [6, 6.07) is 7.60. The Balaban J connectivity index is 1.78. The van der Waals surface area contributed by atoms with Gasteiger partial charge in [0.2, 0.25) is 0 Å². The van der Waals surface area contributed by atoms with Crippen LogP contribution in [-0.4, -0.2) is 34.5 Å². The number of ether oxygens (including phenoxy) is 2. The van der Waals surface area contributed by atoms with Crippen LogP contribution in [0.15, 0.2) is 24.3 Å². The van der Waals surface area contributed by atoms with Gasteiger partial charge in [-0.05, 0) is 37.0 Å². The molecule has 0 atom stereocenters. The van der Waals surface area contributed by atoms with E-state index in [2.05, 4.69) is 6.92 Å². The predicted octanol–water partition coefficient (Wildman–Crippen LogP) is 2.92. The van der Waals surface area contributed by atoms with Crippen molar-refractivity contribution in [3.63, 3.8) is 0 Å². The SMILES string of the molecule is CCCCOc1ccc(C2(S(C)(=O)=O)CC3(COC3)C2)cc1. The van der Waals surface area contributed by atoms with Crippen molar-refractivity contribution in [3.8, 4) is 5.75 Å². The minimum Gasteiger partial charge on any atom is -0.494 e. The number of hydrogen-bond donors (Lipinski definition) is 0. The number of rotatable bonds is 6. The lowest BCUT2D eigenvalue weighted by atomic mass is 9.58. The molecule has 1 spiro atoms. The fraction of sp³-hybridized carbons (Fsp3) is 0.647. The van der Waals surface area contributed by atoms with Crippen LogP contribution in [0, 0.1) is 5.41 Å². The third kappa shape index (κ3) is 2.54. The molecular formula is C17H24O4S. The van der Waals surface area contributed by atoms with E-state index in [1.54, 1.807) is 0 Å². The van der Waals surface area contributed by atoms with Crippen LogP contribution in [0.4, 0.5) is 0 Å². The summed E-state index contributed by atoms with van der Waals surface area (Å²) in [7, 11) is -3.16. The van der Waals surface area contributed by atoms with Crippen LogP contribution in [0.2, 0.25) is 0 Å². The molecule has 2 fully saturated rings. The molecule has 0 aromatic heterocycles. The predicted molar refractivity (Wildman–Crippen MR) is 85.9 cm³/mol. The van der Waals surface area contributed by atoms with Crippen LogP contribution in [0.5, 0.6) is 5.75 Å². The van der Waals surface area contributed by atoms with E-state index in [9.17, 15) is 8.42 Å². The Morgan fingerprint density at radius 3 is 2.27 bits per heavy atom. The number of hydrogen-bond acceptors (Lipinski definition) is 4. The third-order valence-corrected chi connectivity index (χ3v) is 6.94. The molecule has 1 aliphatic carbocycles. The summed E-state index contributed by atoms with van der Waals surface area (Å²) in [6.07, 6.45) is 4.83. The summed E-state index contributed by atoms with van der Waals surface area (Å²) in [5.74, 6) is 0.807. The van der Waals surface area contributed by atoms with Gasteiger partial charge in [-0.3, -0.25) is 0 Å². The maximum absolute atomic E-state index is 12.4. The van der Waals surface area contributed by atoms with Crippen LogP contribution in [0.3, 0.4) is 0 Å². The number of sulfone groups is 1. The Bertz CT molecular complexity index is 621. The molecule has 4 nitrogen and oxygen atoms in total. The minimum absolute atomic E-state index is 0.0966. The molecule has 0 amide bonds. The van der Waals surface area contributed by atoms with Crippen molar-refractivity contribution >= 4 is 9.84 Å². The van der Waals surface area contributed by atoms with Gasteiger partial charge in [-0.1, -0.05) is 25.5 Å². The molecule has 1 saturated heterocycles. The molecule has 22 heavy (non-hydrogen) atoms. The van der Waals surface area contributed by atoms with Crippen molar-refractivity contribution in [2.24, 2.45) is 5.41 Å². The fourth-order valence-corrected chi connectivity index (χ4v) is 5.33. The molecule has 1 heterocycles. The fourth-order valence-electron chi connectivity index (χ4n) is 3.62. The Morgan fingerprint density at radius 2 is 1.82 bits per heavy atom. The van der Waals surface area contributed by atoms with E-state index in [1.165, 1.54) is 6.26 Å². The van der Waals surface area contributed by atoms with Crippen LogP contribution >= 0.6 is 0 Å². The first-order valence-electron chi connectivity index (χ1n) is 7.92. The largest absolute Gasteiger partial charge is 0.494 e. The average molecular weight is 324 g/mol. The highest BCUT2D eigenvalue weighted by molar-refractivity contribution is 7.91. The van der Waals surface area contributed by atoms with Gasteiger partial charge in [-0.25, -0.2) is 8.42 Å². The van der Waals surface area contributed by atoms with Gasteiger partial charge < -0.3 is 9.47 Å². The first-order valence-corrected chi connectivity index (χ1v) is 9.81. The van der Waals surface area contributed by atoms with E-state index < -0.39 is 14.6 Å². The highest BCUT2D eigenvalue weighted by atomic mass is 32.2. The van der Waals surface area contributed by atoms with E-state index in [4.69, 9.17) is 9.47 Å². The van der Waals surface area contributed by atoms with Crippen LogP contribution in [0.1, 0.15) is 38.2 Å². The quantitative estimate of drug-likeness (QED) is 0.755. The van der Waals surface area contributed by atoms with Gasteiger partial charge in [0.25, 0.3) is 0 Å². The zero-order chi connectivity index (χ0) is 15.8. The molecule has 0 radical (unpaired) electrons. The van der Waals surface area contributed by atoms with Gasteiger partial charge in [0.15, 0.2) is 9.84 Å². The zero-order valence-corrected chi connectivity index (χ0v) is 14.1. The lowest BCUT2D eigenvalue weighted by Crippen LogP contribution is -2.62. The van der Waals surface area contributed by atoms with Gasteiger partial charge in [-0.15, -0.1) is 0 Å². The van der Waals surface area contributed by atoms with Crippen molar-refractivity contribution in [2.45, 2.75) is 37.4 Å². The Hall–Kier alpha value is -1.07. The normalized spacial score (nSPS) is 21.9.